The van der Waals surface area contributed by atoms with Gasteiger partial charge in [0.15, 0.2) is 6.35 Å². The molecule has 0 radical (unpaired) electrons. The number of benzene rings is 2. The van der Waals surface area contributed by atoms with Crippen molar-refractivity contribution in [2.45, 2.75) is 33.1 Å². The van der Waals surface area contributed by atoms with Gasteiger partial charge in [-0.25, -0.2) is 0 Å². The van der Waals surface area contributed by atoms with Crippen LogP contribution in [0.25, 0.3) is 0 Å². The largest absolute Gasteiger partial charge is 0.508 e. The van der Waals surface area contributed by atoms with Gasteiger partial charge < -0.3 is 24.7 Å². The number of aryl methyl sites for hydroxylation is 3. The van der Waals surface area contributed by atoms with Crippen molar-refractivity contribution < 1.29 is 34.1 Å². The Hall–Kier alpha value is -2.34. The number of aliphatic carboxylic acids is 1. The number of phenolic OH excluding ortho intramolecular Hbond substituents is 1. The molecule has 0 fully saturated rings. The second-order valence-corrected chi connectivity index (χ2v) is 8.09. The molecule has 0 aromatic heterocycles. The molecule has 2 aromatic carbocycles. The number of aromatic hydroxyl groups is 1. The van der Waals surface area contributed by atoms with Crippen LogP contribution in [0.5, 0.6) is 11.5 Å². The summed E-state index contributed by atoms with van der Waals surface area (Å²) in [5.41, 5.74) is 4.38. The Bertz CT molecular complexity index is 863. The molecule has 0 spiro atoms. The van der Waals surface area contributed by atoms with Crippen LogP contribution in [0.15, 0.2) is 30.3 Å². The Labute approximate surface area is 157 Å². The van der Waals surface area contributed by atoms with Crippen molar-refractivity contribution in [3.05, 3.63) is 58.1 Å². The predicted molar refractivity (Wildman–Crippen MR) is 100 cm³/mol. The number of phenols is 1. The van der Waals surface area contributed by atoms with Gasteiger partial charge in [-0.1, -0.05) is 12.1 Å². The van der Waals surface area contributed by atoms with Gasteiger partial charge in [0.2, 0.25) is 0 Å². The maximum Gasteiger partial charge on any atom is 0.362 e. The molecule has 7 nitrogen and oxygen atoms in total. The zero-order chi connectivity index (χ0) is 20.2. The van der Waals surface area contributed by atoms with Crippen LogP contribution in [0.2, 0.25) is 0 Å². The maximum atomic E-state index is 10.9. The highest BCUT2D eigenvalue weighted by Gasteiger charge is 2.15. The second kappa shape index (κ2) is 8.57. The van der Waals surface area contributed by atoms with Crippen LogP contribution in [-0.2, 0) is 22.2 Å². The number of carboxylic acid groups (broad SMARTS) is 1. The van der Waals surface area contributed by atoms with Crippen molar-refractivity contribution in [3.63, 3.8) is 0 Å². The fourth-order valence-electron chi connectivity index (χ4n) is 2.87. The highest BCUT2D eigenvalue weighted by atomic mass is 31.2. The van der Waals surface area contributed by atoms with Crippen molar-refractivity contribution in [2.75, 3.05) is 6.35 Å². The van der Waals surface area contributed by atoms with E-state index < -0.39 is 19.9 Å². The Morgan fingerprint density at radius 3 is 2.30 bits per heavy atom. The van der Waals surface area contributed by atoms with Crippen LogP contribution in [0.3, 0.4) is 0 Å². The first-order chi connectivity index (χ1) is 12.5. The zero-order valence-electron chi connectivity index (χ0n) is 15.2. The summed E-state index contributed by atoms with van der Waals surface area (Å²) in [4.78, 5) is 28.6. The molecule has 0 atom stereocenters. The molecule has 0 heterocycles. The first kappa shape index (κ1) is 21.0. The van der Waals surface area contributed by atoms with Gasteiger partial charge in [-0.3, -0.25) is 9.36 Å². The molecule has 0 bridgehead atoms. The van der Waals surface area contributed by atoms with Gasteiger partial charge >= 0.3 is 13.6 Å². The summed E-state index contributed by atoms with van der Waals surface area (Å²) in [6.45, 7) is 3.77. The number of carbonyl (C=O) groups is 1. The van der Waals surface area contributed by atoms with Crippen LogP contribution in [0, 0.1) is 13.8 Å². The third-order valence-corrected chi connectivity index (χ3v) is 4.67. The minimum Gasteiger partial charge on any atom is -0.508 e. The van der Waals surface area contributed by atoms with E-state index in [2.05, 4.69) is 0 Å². The van der Waals surface area contributed by atoms with E-state index in [9.17, 15) is 14.5 Å². The summed E-state index contributed by atoms with van der Waals surface area (Å²) in [5.74, 6) is -0.447. The predicted octanol–water partition coefficient (Wildman–Crippen LogP) is 3.13. The first-order valence-electron chi connectivity index (χ1n) is 8.35. The zero-order valence-corrected chi connectivity index (χ0v) is 16.1. The molecule has 0 aliphatic heterocycles. The number of rotatable bonds is 8. The summed E-state index contributed by atoms with van der Waals surface area (Å²) in [7, 11) is -4.24. The number of hydrogen-bond donors (Lipinski definition) is 4. The Kier molecular flexibility index (Phi) is 6.65. The Morgan fingerprint density at radius 2 is 1.74 bits per heavy atom. The average Bonchev–Trinajstić information content (AvgIpc) is 2.55. The minimum absolute atomic E-state index is 0.0549. The molecule has 8 heteroatoms. The van der Waals surface area contributed by atoms with Crippen molar-refractivity contribution in [1.29, 1.82) is 0 Å². The molecule has 0 saturated heterocycles. The lowest BCUT2D eigenvalue weighted by atomic mass is 9.94. The molecule has 0 unspecified atom stereocenters. The van der Waals surface area contributed by atoms with Crippen LogP contribution < -0.4 is 4.74 Å². The van der Waals surface area contributed by atoms with E-state index in [0.29, 0.717) is 17.7 Å². The lowest BCUT2D eigenvalue weighted by Crippen LogP contribution is -2.02. The van der Waals surface area contributed by atoms with Gasteiger partial charge in [0.05, 0.1) is 0 Å². The molecule has 27 heavy (non-hydrogen) atoms. The molecule has 2 rings (SSSR count). The fraction of sp³-hybridized carbons (Fsp3) is 0.316. The van der Waals surface area contributed by atoms with Gasteiger partial charge in [-0.2, -0.15) is 0 Å². The van der Waals surface area contributed by atoms with E-state index in [1.165, 1.54) is 0 Å². The monoisotopic (exact) mass is 394 g/mol. The van der Waals surface area contributed by atoms with Gasteiger partial charge in [0, 0.05) is 6.42 Å². The van der Waals surface area contributed by atoms with Gasteiger partial charge in [0.1, 0.15) is 11.5 Å². The summed E-state index contributed by atoms with van der Waals surface area (Å²) in [6, 6.07) is 8.61. The van der Waals surface area contributed by atoms with Gasteiger partial charge in [-0.15, -0.1) is 0 Å². The molecule has 0 amide bonds. The molecule has 0 saturated carbocycles. The van der Waals surface area contributed by atoms with E-state index in [1.54, 1.807) is 30.3 Å². The van der Waals surface area contributed by atoms with E-state index in [4.69, 9.17) is 19.6 Å². The fourth-order valence-corrected chi connectivity index (χ4v) is 3.19. The summed E-state index contributed by atoms with van der Waals surface area (Å²) in [6.07, 6.45) is 0.107. The van der Waals surface area contributed by atoms with Crippen molar-refractivity contribution in [3.8, 4) is 11.5 Å². The van der Waals surface area contributed by atoms with Crippen LogP contribution >= 0.6 is 7.60 Å². The first-order valence-corrected chi connectivity index (χ1v) is 10.1. The molecule has 0 aliphatic rings. The molecule has 4 N–H and O–H groups in total. The molecule has 2 aromatic rings. The topological polar surface area (TPSA) is 124 Å². The van der Waals surface area contributed by atoms with E-state index in [1.807, 2.05) is 13.8 Å². The van der Waals surface area contributed by atoms with Crippen LogP contribution in [0.1, 0.15) is 34.2 Å². The third kappa shape index (κ3) is 6.40. The van der Waals surface area contributed by atoms with E-state index in [0.717, 1.165) is 22.3 Å². The minimum atomic E-state index is -4.24. The average molecular weight is 394 g/mol. The number of carboxylic acids is 1. The molecule has 0 aliphatic carbocycles. The van der Waals surface area contributed by atoms with Gasteiger partial charge in [-0.05, 0) is 72.7 Å². The van der Waals surface area contributed by atoms with Crippen LogP contribution in [-0.4, -0.2) is 32.3 Å². The highest BCUT2D eigenvalue weighted by molar-refractivity contribution is 7.51. The summed E-state index contributed by atoms with van der Waals surface area (Å²) in [5, 5.41) is 18.7. The SMILES string of the molecule is Cc1cc(OCP(=O)(O)O)cc(C)c1Cc1ccc(O)c(CCC(=O)O)c1. The quantitative estimate of drug-likeness (QED) is 0.507. The normalized spacial score (nSPS) is 11.4. The van der Waals surface area contributed by atoms with Crippen LogP contribution in [0.4, 0.5) is 0 Å². The maximum absolute atomic E-state index is 10.9. The van der Waals surface area contributed by atoms with Crippen molar-refractivity contribution >= 4 is 13.6 Å². The lowest BCUT2D eigenvalue weighted by molar-refractivity contribution is -0.136. The summed E-state index contributed by atoms with van der Waals surface area (Å²) < 4.78 is 16.1. The molecule has 146 valence electrons. The standard InChI is InChI=1S/C19H23O7P/c1-12-7-16(26-11-27(23,24)25)8-13(2)17(12)10-14-3-5-18(20)15(9-14)4-6-19(21)22/h3,5,7-9,20H,4,6,10-11H2,1-2H3,(H,21,22)(H2,23,24,25). The lowest BCUT2D eigenvalue weighted by Gasteiger charge is -2.15. The number of ether oxygens (including phenoxy) is 1. The third-order valence-electron chi connectivity index (χ3n) is 4.20. The van der Waals surface area contributed by atoms with E-state index in [-0.39, 0.29) is 18.6 Å². The van der Waals surface area contributed by atoms with Gasteiger partial charge in [0.25, 0.3) is 0 Å². The molecular formula is C19H23O7P. The Balaban J connectivity index is 2.20. The second-order valence-electron chi connectivity index (χ2n) is 6.51. The summed E-state index contributed by atoms with van der Waals surface area (Å²) >= 11 is 0. The molecular weight excluding hydrogens is 371 g/mol. The van der Waals surface area contributed by atoms with Crippen molar-refractivity contribution in [1.82, 2.24) is 0 Å². The number of hydrogen-bond acceptors (Lipinski definition) is 4. The van der Waals surface area contributed by atoms with E-state index >= 15 is 0 Å². The Morgan fingerprint density at radius 1 is 1.11 bits per heavy atom. The highest BCUT2D eigenvalue weighted by Crippen LogP contribution is 2.35. The van der Waals surface area contributed by atoms with Crippen molar-refractivity contribution in [2.24, 2.45) is 0 Å². The smallest absolute Gasteiger partial charge is 0.362 e.